The van der Waals surface area contributed by atoms with Crippen molar-refractivity contribution in [1.82, 2.24) is 15.1 Å². The second-order valence-electron chi connectivity index (χ2n) is 5.52. The molecule has 3 aromatic rings. The van der Waals surface area contributed by atoms with Crippen molar-refractivity contribution in [2.75, 3.05) is 18.1 Å². The number of anilines is 1. The van der Waals surface area contributed by atoms with Gasteiger partial charge in [0.1, 0.15) is 5.82 Å². The first kappa shape index (κ1) is 18.8. The molecule has 0 saturated heterocycles. The summed E-state index contributed by atoms with van der Waals surface area (Å²) >= 11 is 4.41. The third-order valence-electron chi connectivity index (χ3n) is 3.51. The van der Waals surface area contributed by atoms with Crippen LogP contribution in [0.2, 0.25) is 0 Å². The van der Waals surface area contributed by atoms with Gasteiger partial charge in [0.15, 0.2) is 4.34 Å². The molecule has 9 heteroatoms. The van der Waals surface area contributed by atoms with E-state index in [1.54, 1.807) is 35.4 Å². The van der Waals surface area contributed by atoms with E-state index < -0.39 is 0 Å². The number of hydrogen-bond donors (Lipinski definition) is 1. The molecule has 1 N–H and O–H groups in total. The molecule has 0 saturated carbocycles. The molecule has 0 aliphatic heterocycles. The predicted octanol–water partition coefficient (Wildman–Crippen LogP) is 4.10. The van der Waals surface area contributed by atoms with Crippen LogP contribution in [0.4, 0.5) is 9.52 Å². The van der Waals surface area contributed by atoms with Crippen LogP contribution in [0.1, 0.15) is 11.1 Å². The van der Waals surface area contributed by atoms with Gasteiger partial charge in [-0.15, -0.1) is 10.2 Å². The average Bonchev–Trinajstić information content (AvgIpc) is 3.31. The van der Waals surface area contributed by atoms with Crippen LogP contribution in [0.15, 0.2) is 45.4 Å². The smallest absolute Gasteiger partial charge is 0.233 e. The maximum Gasteiger partial charge on any atom is 0.233 e. The van der Waals surface area contributed by atoms with Crippen molar-refractivity contribution >= 4 is 45.5 Å². The largest absolute Gasteiger partial charge is 0.356 e. The number of benzene rings is 1. The number of thioether (sulfide) groups is 1. The van der Waals surface area contributed by atoms with Crippen LogP contribution in [-0.4, -0.2) is 33.8 Å². The van der Waals surface area contributed by atoms with E-state index in [9.17, 15) is 9.18 Å². The van der Waals surface area contributed by atoms with Crippen LogP contribution in [0.3, 0.4) is 0 Å². The lowest BCUT2D eigenvalue weighted by atomic mass is 10.2. The van der Waals surface area contributed by atoms with E-state index in [-0.39, 0.29) is 11.7 Å². The van der Waals surface area contributed by atoms with Crippen LogP contribution in [-0.2, 0) is 17.9 Å². The van der Waals surface area contributed by atoms with Crippen molar-refractivity contribution in [3.8, 4) is 0 Å². The molecule has 2 heterocycles. The summed E-state index contributed by atoms with van der Waals surface area (Å²) in [6, 6.07) is 8.32. The quantitative estimate of drug-likeness (QED) is 0.569. The normalized spacial score (nSPS) is 10.7. The SMILES string of the molecule is CN(Cc1ccsc1)C(=O)CSc1nnc(NCc2ccc(F)cc2)s1. The van der Waals surface area contributed by atoms with Gasteiger partial charge in [-0.25, -0.2) is 4.39 Å². The summed E-state index contributed by atoms with van der Waals surface area (Å²) in [4.78, 5) is 13.9. The lowest BCUT2D eigenvalue weighted by Crippen LogP contribution is -2.27. The van der Waals surface area contributed by atoms with Gasteiger partial charge in [-0.2, -0.15) is 11.3 Å². The molecule has 136 valence electrons. The number of nitrogens with one attached hydrogen (secondary N) is 1. The fraction of sp³-hybridized carbons (Fsp3) is 0.235. The fourth-order valence-corrected chi connectivity index (χ4v) is 4.45. The maximum atomic E-state index is 12.9. The minimum Gasteiger partial charge on any atom is -0.356 e. The number of amides is 1. The third-order valence-corrected chi connectivity index (χ3v) is 6.24. The van der Waals surface area contributed by atoms with Gasteiger partial charge in [0, 0.05) is 20.1 Å². The summed E-state index contributed by atoms with van der Waals surface area (Å²) in [7, 11) is 1.80. The van der Waals surface area contributed by atoms with Crippen molar-refractivity contribution in [3.05, 3.63) is 58.0 Å². The Labute approximate surface area is 163 Å². The Morgan fingerprint density at radius 2 is 2.04 bits per heavy atom. The van der Waals surface area contributed by atoms with E-state index in [1.807, 2.05) is 16.8 Å². The summed E-state index contributed by atoms with van der Waals surface area (Å²) < 4.78 is 13.6. The zero-order chi connectivity index (χ0) is 18.4. The number of carbonyl (C=O) groups excluding carboxylic acids is 1. The molecule has 0 fully saturated rings. The number of aromatic nitrogens is 2. The molecule has 0 aliphatic carbocycles. The first-order valence-electron chi connectivity index (χ1n) is 7.80. The molecule has 3 rings (SSSR count). The van der Waals surface area contributed by atoms with Crippen LogP contribution >= 0.6 is 34.4 Å². The number of carbonyl (C=O) groups is 1. The Balaban J connectivity index is 1.44. The maximum absolute atomic E-state index is 12.9. The number of hydrogen-bond acceptors (Lipinski definition) is 7. The molecule has 2 aromatic heterocycles. The highest BCUT2D eigenvalue weighted by Gasteiger charge is 2.12. The standard InChI is InChI=1S/C17H17FN4OS3/c1-22(9-13-6-7-24-10-13)15(23)11-25-17-21-20-16(26-17)19-8-12-2-4-14(18)5-3-12/h2-7,10H,8-9,11H2,1H3,(H,19,20). The van der Waals surface area contributed by atoms with Gasteiger partial charge >= 0.3 is 0 Å². The molecule has 0 unspecified atom stereocenters. The summed E-state index contributed by atoms with van der Waals surface area (Å²) in [5, 5.41) is 16.0. The fourth-order valence-electron chi connectivity index (χ4n) is 2.10. The Bertz CT molecular complexity index is 836. The molecule has 26 heavy (non-hydrogen) atoms. The van der Waals surface area contributed by atoms with Crippen LogP contribution in [0, 0.1) is 5.82 Å². The zero-order valence-electron chi connectivity index (χ0n) is 14.0. The van der Waals surface area contributed by atoms with E-state index in [1.165, 1.54) is 35.2 Å². The minimum atomic E-state index is -0.253. The number of rotatable bonds is 8. The van der Waals surface area contributed by atoms with Gasteiger partial charge in [0.05, 0.1) is 5.75 Å². The second-order valence-corrected chi connectivity index (χ2v) is 8.50. The van der Waals surface area contributed by atoms with E-state index in [0.717, 1.165) is 15.5 Å². The second kappa shape index (κ2) is 9.11. The Morgan fingerprint density at radius 1 is 1.23 bits per heavy atom. The number of thiophene rings is 1. The molecule has 0 spiro atoms. The first-order valence-corrected chi connectivity index (χ1v) is 10.5. The van der Waals surface area contributed by atoms with Gasteiger partial charge in [-0.05, 0) is 40.1 Å². The zero-order valence-corrected chi connectivity index (χ0v) is 16.5. The minimum absolute atomic E-state index is 0.0530. The van der Waals surface area contributed by atoms with E-state index in [0.29, 0.717) is 24.0 Å². The summed E-state index contributed by atoms with van der Waals surface area (Å²) in [6.45, 7) is 1.16. The molecule has 0 atom stereocenters. The molecule has 0 bridgehead atoms. The summed E-state index contributed by atoms with van der Waals surface area (Å²) in [5.74, 6) is 0.127. The Hall–Kier alpha value is -1.97. The van der Waals surface area contributed by atoms with E-state index >= 15 is 0 Å². The van der Waals surface area contributed by atoms with E-state index in [4.69, 9.17) is 0 Å². The molecule has 1 aromatic carbocycles. The lowest BCUT2D eigenvalue weighted by molar-refractivity contribution is -0.127. The van der Waals surface area contributed by atoms with Crippen LogP contribution in [0.5, 0.6) is 0 Å². The summed E-state index contributed by atoms with van der Waals surface area (Å²) in [5.41, 5.74) is 2.10. The van der Waals surface area contributed by atoms with Crippen LogP contribution < -0.4 is 5.32 Å². The van der Waals surface area contributed by atoms with Crippen molar-refractivity contribution in [3.63, 3.8) is 0 Å². The molecule has 1 amide bonds. The molecule has 5 nitrogen and oxygen atoms in total. The number of nitrogens with zero attached hydrogens (tertiary/aromatic N) is 3. The van der Waals surface area contributed by atoms with Crippen molar-refractivity contribution in [2.45, 2.75) is 17.4 Å². The molecule has 0 radical (unpaired) electrons. The molecular formula is C17H17FN4OS3. The van der Waals surface area contributed by atoms with Crippen molar-refractivity contribution in [2.24, 2.45) is 0 Å². The Morgan fingerprint density at radius 3 is 2.77 bits per heavy atom. The van der Waals surface area contributed by atoms with Crippen LogP contribution in [0.25, 0.3) is 0 Å². The molecule has 0 aliphatic rings. The highest BCUT2D eigenvalue weighted by atomic mass is 32.2. The third kappa shape index (κ3) is 5.52. The average molecular weight is 409 g/mol. The molecular weight excluding hydrogens is 391 g/mol. The van der Waals surface area contributed by atoms with Gasteiger partial charge in [0.2, 0.25) is 11.0 Å². The van der Waals surface area contributed by atoms with Gasteiger partial charge in [-0.1, -0.05) is 35.2 Å². The Kier molecular flexibility index (Phi) is 6.59. The predicted molar refractivity (Wildman–Crippen MR) is 105 cm³/mol. The van der Waals surface area contributed by atoms with E-state index in [2.05, 4.69) is 15.5 Å². The highest BCUT2D eigenvalue weighted by Crippen LogP contribution is 2.26. The summed E-state index contributed by atoms with van der Waals surface area (Å²) in [6.07, 6.45) is 0. The van der Waals surface area contributed by atoms with Crippen molar-refractivity contribution < 1.29 is 9.18 Å². The van der Waals surface area contributed by atoms with Gasteiger partial charge in [-0.3, -0.25) is 4.79 Å². The topological polar surface area (TPSA) is 58.1 Å². The first-order chi connectivity index (χ1) is 12.6. The number of halogens is 1. The lowest BCUT2D eigenvalue weighted by Gasteiger charge is -2.15. The highest BCUT2D eigenvalue weighted by molar-refractivity contribution is 8.01. The van der Waals surface area contributed by atoms with Gasteiger partial charge in [0.25, 0.3) is 0 Å². The monoisotopic (exact) mass is 408 g/mol. The van der Waals surface area contributed by atoms with Crippen molar-refractivity contribution in [1.29, 1.82) is 0 Å². The van der Waals surface area contributed by atoms with Gasteiger partial charge < -0.3 is 10.2 Å².